The lowest BCUT2D eigenvalue weighted by Gasteiger charge is -2.44. The van der Waals surface area contributed by atoms with Crippen LogP contribution in [0.4, 0.5) is 4.39 Å². The Morgan fingerprint density at radius 1 is 1.17 bits per heavy atom. The Morgan fingerprint density at radius 3 is 2.67 bits per heavy atom. The van der Waals surface area contributed by atoms with E-state index < -0.39 is 15.4 Å². The number of carbonyl (C=O) groups is 1. The molecule has 3 aromatic heterocycles. The van der Waals surface area contributed by atoms with Gasteiger partial charge in [-0.25, -0.2) is 22.5 Å². The fourth-order valence-electron chi connectivity index (χ4n) is 4.93. The molecule has 2 aliphatic rings. The molecular weight excluding hydrogens is 505 g/mol. The topological polar surface area (TPSA) is 116 Å². The summed E-state index contributed by atoms with van der Waals surface area (Å²) in [5, 5.41) is 14.3. The van der Waals surface area contributed by atoms with E-state index in [1.54, 1.807) is 41.6 Å². The van der Waals surface area contributed by atoms with Crippen molar-refractivity contribution in [3.8, 4) is 5.69 Å². The van der Waals surface area contributed by atoms with E-state index in [1.807, 2.05) is 6.08 Å². The van der Waals surface area contributed by atoms with Gasteiger partial charge in [0.1, 0.15) is 5.82 Å². The zero-order valence-corrected chi connectivity index (χ0v) is 20.7. The van der Waals surface area contributed by atoms with E-state index in [9.17, 15) is 17.6 Å². The van der Waals surface area contributed by atoms with E-state index in [1.165, 1.54) is 38.8 Å². The summed E-state index contributed by atoms with van der Waals surface area (Å²) in [6, 6.07) is 6.01. The van der Waals surface area contributed by atoms with E-state index in [-0.39, 0.29) is 36.1 Å². The molecule has 184 valence electrons. The van der Waals surface area contributed by atoms with Crippen LogP contribution in [0.1, 0.15) is 27.5 Å². The number of carbonyl (C=O) groups excluding carboxylic acids is 1. The molecule has 1 saturated heterocycles. The highest BCUT2D eigenvalue weighted by atomic mass is 32.2. The first-order valence-corrected chi connectivity index (χ1v) is 13.4. The van der Waals surface area contributed by atoms with Gasteiger partial charge < -0.3 is 0 Å². The van der Waals surface area contributed by atoms with Crippen molar-refractivity contribution < 1.29 is 17.6 Å². The van der Waals surface area contributed by atoms with Crippen LogP contribution in [0.3, 0.4) is 0 Å². The minimum absolute atomic E-state index is 0.0443. The molecule has 4 heterocycles. The maximum Gasteiger partial charge on any atom is 0.264 e. The Balaban J connectivity index is 1.45. The number of sulfonamides is 1. The second-order valence-corrected chi connectivity index (χ2v) is 11.6. The Bertz CT molecular complexity index is 1610. The molecule has 0 radical (unpaired) electrons. The summed E-state index contributed by atoms with van der Waals surface area (Å²) in [4.78, 5) is 19.4. The second-order valence-electron chi connectivity index (χ2n) is 8.80. The summed E-state index contributed by atoms with van der Waals surface area (Å²) in [6.45, 7) is 0.148. The van der Waals surface area contributed by atoms with E-state index in [4.69, 9.17) is 0 Å². The van der Waals surface area contributed by atoms with Gasteiger partial charge in [0, 0.05) is 31.7 Å². The van der Waals surface area contributed by atoms with Gasteiger partial charge in [-0.05, 0) is 48.7 Å². The molecule has 0 N–H and O–H groups in total. The third-order valence-electron chi connectivity index (χ3n) is 6.70. The Labute approximate surface area is 209 Å². The molecule has 1 aromatic carbocycles. The maximum absolute atomic E-state index is 13.9. The summed E-state index contributed by atoms with van der Waals surface area (Å²) in [6.07, 6.45) is 6.99. The summed E-state index contributed by atoms with van der Waals surface area (Å²) in [7, 11) is -2.42. The van der Waals surface area contributed by atoms with E-state index in [2.05, 4.69) is 20.3 Å². The molecule has 1 fully saturated rings. The van der Waals surface area contributed by atoms with Crippen molar-refractivity contribution in [3.05, 3.63) is 75.9 Å². The molecule has 13 heteroatoms. The van der Waals surface area contributed by atoms with Gasteiger partial charge in [0.25, 0.3) is 10.0 Å². The van der Waals surface area contributed by atoms with Gasteiger partial charge in [0.15, 0.2) is 5.01 Å². The number of benzene rings is 1. The minimum atomic E-state index is -3.97. The average Bonchev–Trinajstić information content (AvgIpc) is 3.63. The number of piperidine rings is 1. The predicted octanol–water partition coefficient (Wildman–Crippen LogP) is 2.50. The van der Waals surface area contributed by atoms with Crippen molar-refractivity contribution in [2.45, 2.75) is 17.9 Å². The van der Waals surface area contributed by atoms with Gasteiger partial charge in [0.2, 0.25) is 10.8 Å². The van der Waals surface area contributed by atoms with Crippen molar-refractivity contribution in [3.63, 3.8) is 0 Å². The average molecular weight is 526 g/mol. The normalized spacial score (nSPS) is 20.0. The zero-order chi connectivity index (χ0) is 25.1. The molecule has 1 aliphatic heterocycles. The van der Waals surface area contributed by atoms with Crippen LogP contribution in [-0.4, -0.2) is 61.4 Å². The molecule has 0 bridgehead atoms. The molecule has 4 aromatic rings. The van der Waals surface area contributed by atoms with Crippen LogP contribution >= 0.6 is 11.3 Å². The van der Waals surface area contributed by atoms with Crippen LogP contribution in [0.25, 0.3) is 11.8 Å². The molecule has 0 saturated carbocycles. The second kappa shape index (κ2) is 8.25. The predicted molar refractivity (Wildman–Crippen MR) is 128 cm³/mol. The minimum Gasteiger partial charge on any atom is -0.290 e. The largest absolute Gasteiger partial charge is 0.290 e. The smallest absolute Gasteiger partial charge is 0.264 e. The SMILES string of the molecule is Cn1ncc(S(=O)(=O)N2CCC3=Cc4c(cnn4-c4ccc(F)cc4)C[C@]3(C(=O)c3nccs3)C2)n1. The van der Waals surface area contributed by atoms with Gasteiger partial charge in [0.05, 0.1) is 29.2 Å². The Hall–Kier alpha value is -3.55. The molecule has 1 atom stereocenters. The number of nitrogens with zero attached hydrogens (tertiary/aromatic N) is 7. The lowest BCUT2D eigenvalue weighted by atomic mass is 9.66. The number of hydrogen-bond acceptors (Lipinski definition) is 8. The summed E-state index contributed by atoms with van der Waals surface area (Å²) >= 11 is 1.23. The third-order valence-corrected chi connectivity index (χ3v) is 9.18. The van der Waals surface area contributed by atoms with Gasteiger partial charge in [-0.2, -0.15) is 19.3 Å². The third kappa shape index (κ3) is 3.53. The molecule has 1 aliphatic carbocycles. The zero-order valence-electron chi connectivity index (χ0n) is 19.1. The van der Waals surface area contributed by atoms with E-state index >= 15 is 0 Å². The highest BCUT2D eigenvalue weighted by Crippen LogP contribution is 2.47. The fourth-order valence-corrected chi connectivity index (χ4v) is 6.99. The molecule has 36 heavy (non-hydrogen) atoms. The summed E-state index contributed by atoms with van der Waals surface area (Å²) in [5.41, 5.74) is 1.98. The lowest BCUT2D eigenvalue weighted by molar-refractivity contribution is 0.0775. The van der Waals surface area contributed by atoms with Crippen LogP contribution < -0.4 is 0 Å². The highest BCUT2D eigenvalue weighted by Gasteiger charge is 2.52. The number of aryl methyl sites for hydroxylation is 1. The number of thiazole rings is 1. The number of aromatic nitrogens is 6. The first-order valence-electron chi connectivity index (χ1n) is 11.1. The molecule has 6 rings (SSSR count). The number of fused-ring (bicyclic) bond motifs is 2. The van der Waals surface area contributed by atoms with E-state index in [0.717, 1.165) is 16.8 Å². The van der Waals surface area contributed by atoms with Crippen LogP contribution in [0.15, 0.2) is 58.8 Å². The van der Waals surface area contributed by atoms with Crippen molar-refractivity contribution in [1.82, 2.24) is 34.1 Å². The summed E-state index contributed by atoms with van der Waals surface area (Å²) < 4.78 is 43.3. The van der Waals surface area contributed by atoms with Crippen molar-refractivity contribution in [1.29, 1.82) is 0 Å². The quantitative estimate of drug-likeness (QED) is 0.368. The standard InChI is InChI=1S/C23H20FN7O3S2/c1-29-26-13-20(28-29)36(33,34)30-8-6-16-10-19-15(12-27-31(19)18-4-2-17(24)3-5-18)11-23(16,14-30)21(32)22-25-7-9-35-22/h2-5,7,9-10,12-13H,6,8,11,14H2,1H3/t23-/m0/s1. The Morgan fingerprint density at radius 2 is 1.97 bits per heavy atom. The maximum atomic E-state index is 13.9. The fraction of sp³-hybridized carbons (Fsp3) is 0.261. The van der Waals surface area contributed by atoms with Crippen molar-refractivity contribution in [2.75, 3.05) is 13.1 Å². The van der Waals surface area contributed by atoms with Gasteiger partial charge >= 0.3 is 0 Å². The number of halogens is 1. The monoisotopic (exact) mass is 525 g/mol. The number of rotatable bonds is 5. The molecular formula is C23H20FN7O3S2. The molecule has 0 amide bonds. The van der Waals surface area contributed by atoms with Gasteiger partial charge in [-0.15, -0.1) is 16.4 Å². The van der Waals surface area contributed by atoms with Crippen LogP contribution in [0.5, 0.6) is 0 Å². The Kier molecular flexibility index (Phi) is 5.24. The van der Waals surface area contributed by atoms with E-state index in [0.29, 0.717) is 17.1 Å². The number of ketones is 1. The highest BCUT2D eigenvalue weighted by molar-refractivity contribution is 7.89. The van der Waals surface area contributed by atoms with Gasteiger partial charge in [-0.1, -0.05) is 5.57 Å². The number of Topliss-reactive ketones (excluding diaryl/α,β-unsaturated/α-hetero) is 1. The lowest BCUT2D eigenvalue weighted by Crippen LogP contribution is -2.53. The molecule has 0 unspecified atom stereocenters. The van der Waals surface area contributed by atoms with Crippen molar-refractivity contribution in [2.24, 2.45) is 12.5 Å². The van der Waals surface area contributed by atoms with Crippen molar-refractivity contribution >= 4 is 33.2 Å². The van der Waals surface area contributed by atoms with Crippen LogP contribution in [0, 0.1) is 11.2 Å². The first kappa shape index (κ1) is 22.9. The summed E-state index contributed by atoms with van der Waals surface area (Å²) in [5.74, 6) is -0.564. The van der Waals surface area contributed by atoms with Crippen LogP contribution in [-0.2, 0) is 23.5 Å². The first-order chi connectivity index (χ1) is 17.3. The van der Waals surface area contributed by atoms with Gasteiger partial charge in [-0.3, -0.25) is 4.79 Å². The molecule has 0 spiro atoms. The molecule has 10 nitrogen and oxygen atoms in total. The van der Waals surface area contributed by atoms with Crippen LogP contribution in [0.2, 0.25) is 0 Å². The number of hydrogen-bond donors (Lipinski definition) is 0.